The van der Waals surface area contributed by atoms with E-state index in [4.69, 9.17) is 11.6 Å². The van der Waals surface area contributed by atoms with Crippen molar-refractivity contribution in [1.29, 1.82) is 0 Å². The highest BCUT2D eigenvalue weighted by Crippen LogP contribution is 2.29. The highest BCUT2D eigenvalue weighted by molar-refractivity contribution is 7.89. The Morgan fingerprint density at radius 3 is 2.18 bits per heavy atom. The fourth-order valence-electron chi connectivity index (χ4n) is 4.48. The number of hydrogen-bond donors (Lipinski definition) is 4. The van der Waals surface area contributed by atoms with Crippen LogP contribution in [0.2, 0.25) is 5.02 Å². The van der Waals surface area contributed by atoms with Gasteiger partial charge in [0, 0.05) is 30.2 Å². The SMILES string of the molecule is O=C(N[C@@H](Cc1ccccc1)[C@H](O)CNCc1cccc(C(F)(F)F)c1)c1cccc(S(=O)(=O)NCc2cccc(Cl)c2)c1. The van der Waals surface area contributed by atoms with Crippen molar-refractivity contribution in [3.63, 3.8) is 0 Å². The molecule has 0 radical (unpaired) electrons. The number of carbonyl (C=O) groups is 1. The zero-order chi connectivity index (χ0) is 31.7. The summed E-state index contributed by atoms with van der Waals surface area (Å²) >= 11 is 5.98. The smallest absolute Gasteiger partial charge is 0.390 e. The van der Waals surface area contributed by atoms with Crippen LogP contribution in [0.1, 0.15) is 32.6 Å². The minimum Gasteiger partial charge on any atom is -0.390 e. The van der Waals surface area contributed by atoms with Gasteiger partial charge >= 0.3 is 6.18 Å². The number of aliphatic hydroxyl groups is 1. The molecule has 0 fully saturated rings. The van der Waals surface area contributed by atoms with Crippen molar-refractivity contribution >= 4 is 27.5 Å². The maximum atomic E-state index is 13.3. The second kappa shape index (κ2) is 14.8. The summed E-state index contributed by atoms with van der Waals surface area (Å²) in [5, 5.41) is 17.3. The molecule has 4 N–H and O–H groups in total. The molecule has 0 bridgehead atoms. The second-order valence-corrected chi connectivity index (χ2v) is 12.4. The molecule has 0 saturated carbocycles. The number of aliphatic hydroxyl groups excluding tert-OH is 1. The average Bonchev–Trinajstić information content (AvgIpc) is 3.00. The molecule has 0 aliphatic carbocycles. The Labute approximate surface area is 259 Å². The van der Waals surface area contributed by atoms with Crippen molar-refractivity contribution in [2.24, 2.45) is 0 Å². The van der Waals surface area contributed by atoms with E-state index in [9.17, 15) is 31.5 Å². The van der Waals surface area contributed by atoms with Gasteiger partial charge in [0.1, 0.15) is 0 Å². The molecule has 44 heavy (non-hydrogen) atoms. The summed E-state index contributed by atoms with van der Waals surface area (Å²) in [4.78, 5) is 13.2. The molecule has 12 heteroatoms. The molecule has 0 aliphatic heterocycles. The van der Waals surface area contributed by atoms with Crippen molar-refractivity contribution in [1.82, 2.24) is 15.4 Å². The third kappa shape index (κ3) is 9.63. The van der Waals surface area contributed by atoms with Crippen LogP contribution in [0.15, 0.2) is 108 Å². The van der Waals surface area contributed by atoms with Gasteiger partial charge in [0.2, 0.25) is 10.0 Å². The van der Waals surface area contributed by atoms with E-state index in [0.717, 1.165) is 17.7 Å². The first-order chi connectivity index (χ1) is 20.9. The second-order valence-electron chi connectivity index (χ2n) is 10.1. The quantitative estimate of drug-likeness (QED) is 0.157. The summed E-state index contributed by atoms with van der Waals surface area (Å²) in [5.41, 5.74) is 1.18. The summed E-state index contributed by atoms with van der Waals surface area (Å²) in [6.45, 7) is 0.0309. The van der Waals surface area contributed by atoms with Crippen LogP contribution in [-0.4, -0.2) is 38.1 Å². The van der Waals surface area contributed by atoms with Gasteiger partial charge in [-0.1, -0.05) is 78.3 Å². The molecule has 0 unspecified atom stereocenters. The van der Waals surface area contributed by atoms with Gasteiger partial charge in [-0.2, -0.15) is 13.2 Å². The molecule has 0 aromatic heterocycles. The highest BCUT2D eigenvalue weighted by atomic mass is 35.5. The fourth-order valence-corrected chi connectivity index (χ4v) is 5.76. The molecule has 4 rings (SSSR count). The third-order valence-electron chi connectivity index (χ3n) is 6.78. The molecule has 1 amide bonds. The number of halogens is 4. The van der Waals surface area contributed by atoms with E-state index in [2.05, 4.69) is 15.4 Å². The summed E-state index contributed by atoms with van der Waals surface area (Å²) in [6, 6.07) is 25.5. The Balaban J connectivity index is 1.44. The molecule has 0 saturated heterocycles. The lowest BCUT2D eigenvalue weighted by atomic mass is 10.0. The van der Waals surface area contributed by atoms with E-state index in [1.807, 2.05) is 30.3 Å². The first kappa shape index (κ1) is 33.2. The van der Waals surface area contributed by atoms with Gasteiger partial charge in [-0.05, 0) is 59.5 Å². The van der Waals surface area contributed by atoms with Crippen LogP contribution in [0, 0.1) is 0 Å². The van der Waals surface area contributed by atoms with Crippen LogP contribution in [-0.2, 0) is 35.7 Å². The van der Waals surface area contributed by atoms with E-state index in [1.165, 1.54) is 30.3 Å². The summed E-state index contributed by atoms with van der Waals surface area (Å²) in [5.74, 6) is -0.602. The number of rotatable bonds is 13. The maximum Gasteiger partial charge on any atom is 0.416 e. The predicted octanol–water partition coefficient (Wildman–Crippen LogP) is 5.33. The van der Waals surface area contributed by atoms with Gasteiger partial charge in [-0.3, -0.25) is 4.79 Å². The number of amides is 1. The largest absolute Gasteiger partial charge is 0.416 e. The van der Waals surface area contributed by atoms with Crippen molar-refractivity contribution in [3.05, 3.63) is 136 Å². The van der Waals surface area contributed by atoms with Crippen LogP contribution < -0.4 is 15.4 Å². The van der Waals surface area contributed by atoms with Gasteiger partial charge in [-0.15, -0.1) is 0 Å². The number of hydrogen-bond acceptors (Lipinski definition) is 5. The van der Waals surface area contributed by atoms with E-state index in [0.29, 0.717) is 16.1 Å². The number of benzene rings is 4. The standard InChI is InChI=1S/C32H31ClF3N3O4S/c33-27-13-5-10-24(16-27)20-38-44(42,43)28-14-6-11-25(18-28)31(41)39-29(17-22-7-2-1-3-8-22)30(40)21-37-19-23-9-4-12-26(15-23)32(34,35)36/h1-16,18,29-30,37-38,40H,17,19-21H2,(H,39,41)/t29-,30+/m0/s1. The first-order valence-corrected chi connectivity index (χ1v) is 15.5. The molecular weight excluding hydrogens is 615 g/mol. The van der Waals surface area contributed by atoms with Crippen LogP contribution in [0.4, 0.5) is 13.2 Å². The Bertz CT molecular complexity index is 1670. The number of carbonyl (C=O) groups excluding carboxylic acids is 1. The van der Waals surface area contributed by atoms with Gasteiger partial charge < -0.3 is 15.7 Å². The van der Waals surface area contributed by atoms with Crippen molar-refractivity contribution in [3.8, 4) is 0 Å². The lowest BCUT2D eigenvalue weighted by molar-refractivity contribution is -0.137. The minimum absolute atomic E-state index is 0.00183. The van der Waals surface area contributed by atoms with E-state index >= 15 is 0 Å². The molecule has 0 heterocycles. The molecule has 0 aliphatic rings. The van der Waals surface area contributed by atoms with E-state index in [1.54, 1.807) is 30.3 Å². The highest BCUT2D eigenvalue weighted by Gasteiger charge is 2.30. The average molecular weight is 646 g/mol. The third-order valence-corrected chi connectivity index (χ3v) is 8.41. The summed E-state index contributed by atoms with van der Waals surface area (Å²) in [7, 11) is -3.97. The molecule has 232 valence electrons. The molecule has 4 aromatic rings. The molecular formula is C32H31ClF3N3O4S. The minimum atomic E-state index is -4.47. The Morgan fingerprint density at radius 2 is 1.48 bits per heavy atom. The normalized spacial score (nSPS) is 13.3. The number of nitrogens with one attached hydrogen (secondary N) is 3. The van der Waals surface area contributed by atoms with Gasteiger partial charge in [0.15, 0.2) is 0 Å². The van der Waals surface area contributed by atoms with Crippen LogP contribution in [0.25, 0.3) is 0 Å². The Kier molecular flexibility index (Phi) is 11.2. The number of alkyl halides is 3. The van der Waals surface area contributed by atoms with Gasteiger partial charge in [-0.25, -0.2) is 13.1 Å². The maximum absolute atomic E-state index is 13.3. The zero-order valence-electron chi connectivity index (χ0n) is 23.4. The molecule has 4 aromatic carbocycles. The Morgan fingerprint density at radius 1 is 0.818 bits per heavy atom. The lowest BCUT2D eigenvalue weighted by Crippen LogP contribution is -2.48. The Hall–Kier alpha value is -3.74. The predicted molar refractivity (Wildman–Crippen MR) is 162 cm³/mol. The number of sulfonamides is 1. The summed E-state index contributed by atoms with van der Waals surface area (Å²) in [6.07, 6.45) is -5.35. The summed E-state index contributed by atoms with van der Waals surface area (Å²) < 4.78 is 67.6. The molecule has 0 spiro atoms. The monoisotopic (exact) mass is 645 g/mol. The molecule has 2 atom stereocenters. The first-order valence-electron chi connectivity index (χ1n) is 13.6. The van der Waals surface area contributed by atoms with Crippen molar-refractivity contribution < 1.29 is 31.5 Å². The van der Waals surface area contributed by atoms with E-state index in [-0.39, 0.29) is 36.5 Å². The zero-order valence-corrected chi connectivity index (χ0v) is 25.0. The van der Waals surface area contributed by atoms with Crippen LogP contribution in [0.5, 0.6) is 0 Å². The van der Waals surface area contributed by atoms with Crippen molar-refractivity contribution in [2.45, 2.75) is 42.7 Å². The van der Waals surface area contributed by atoms with Gasteiger partial charge in [0.05, 0.1) is 22.6 Å². The van der Waals surface area contributed by atoms with Crippen LogP contribution >= 0.6 is 11.6 Å². The van der Waals surface area contributed by atoms with Crippen molar-refractivity contribution in [2.75, 3.05) is 6.54 Å². The van der Waals surface area contributed by atoms with Crippen LogP contribution in [0.3, 0.4) is 0 Å². The van der Waals surface area contributed by atoms with E-state index < -0.39 is 39.8 Å². The van der Waals surface area contributed by atoms with Gasteiger partial charge in [0.25, 0.3) is 5.91 Å². The molecule has 7 nitrogen and oxygen atoms in total. The fraction of sp³-hybridized carbons (Fsp3) is 0.219. The topological polar surface area (TPSA) is 108 Å². The lowest BCUT2D eigenvalue weighted by Gasteiger charge is -2.25.